The lowest BCUT2D eigenvalue weighted by Gasteiger charge is -2.06. The fourth-order valence-corrected chi connectivity index (χ4v) is 1.86. The molecule has 1 aromatic rings. The molecule has 0 aromatic heterocycles. The number of aromatic carboxylic acids is 1. The zero-order chi connectivity index (χ0) is 10.4. The summed E-state index contributed by atoms with van der Waals surface area (Å²) in [6, 6.07) is 1.60. The van der Waals surface area contributed by atoms with Crippen LogP contribution in [0.2, 0.25) is 0 Å². The molecule has 5 nitrogen and oxygen atoms in total. The number of rotatable bonds is 1. The summed E-state index contributed by atoms with van der Waals surface area (Å²) in [5, 5.41) is 9.00. The summed E-state index contributed by atoms with van der Waals surface area (Å²) in [6.07, 6.45) is 0.715. The van der Waals surface area contributed by atoms with E-state index < -0.39 is 5.97 Å². The number of benzene rings is 1. The first-order valence-electron chi connectivity index (χ1n) is 4.59. The number of carboxylic acid groups (broad SMARTS) is 1. The van der Waals surface area contributed by atoms with Gasteiger partial charge in [-0.2, -0.15) is 0 Å². The maximum Gasteiger partial charge on any atom is 0.339 e. The molecule has 0 spiro atoms. The van der Waals surface area contributed by atoms with Crippen molar-refractivity contribution in [1.29, 1.82) is 0 Å². The minimum Gasteiger partial charge on any atom is -0.489 e. The van der Waals surface area contributed by atoms with E-state index in [4.69, 9.17) is 19.3 Å². The Bertz CT molecular complexity index is 452. The molecule has 3 rings (SSSR count). The number of carbonyl (C=O) groups is 1. The molecule has 1 aromatic carbocycles. The fraction of sp³-hybridized carbons (Fsp3) is 0.300. The number of fused-ring (bicyclic) bond motifs is 3. The zero-order valence-corrected chi connectivity index (χ0v) is 7.78. The molecule has 0 amide bonds. The van der Waals surface area contributed by atoms with Crippen LogP contribution in [0.1, 0.15) is 15.9 Å². The van der Waals surface area contributed by atoms with Gasteiger partial charge in [0, 0.05) is 12.0 Å². The number of carboxylic acids is 1. The van der Waals surface area contributed by atoms with Crippen LogP contribution in [0.15, 0.2) is 6.07 Å². The largest absolute Gasteiger partial charge is 0.489 e. The molecule has 1 N–H and O–H groups in total. The monoisotopic (exact) mass is 208 g/mol. The van der Waals surface area contributed by atoms with Gasteiger partial charge in [0.15, 0.2) is 11.5 Å². The summed E-state index contributed by atoms with van der Waals surface area (Å²) < 4.78 is 15.7. The normalized spacial score (nSPS) is 16.0. The maximum atomic E-state index is 11.0. The Hall–Kier alpha value is -1.91. The molecule has 0 aliphatic carbocycles. The van der Waals surface area contributed by atoms with Crippen LogP contribution in [-0.4, -0.2) is 24.5 Å². The summed E-state index contributed by atoms with van der Waals surface area (Å²) >= 11 is 0. The molecule has 0 atom stereocenters. The highest BCUT2D eigenvalue weighted by molar-refractivity contribution is 5.93. The third-order valence-electron chi connectivity index (χ3n) is 2.52. The Morgan fingerprint density at radius 2 is 2.00 bits per heavy atom. The van der Waals surface area contributed by atoms with E-state index in [-0.39, 0.29) is 18.1 Å². The van der Waals surface area contributed by atoms with E-state index in [1.807, 2.05) is 0 Å². The molecule has 78 valence electrons. The molecule has 0 radical (unpaired) electrons. The summed E-state index contributed by atoms with van der Waals surface area (Å²) in [5.41, 5.74) is 1.02. The quantitative estimate of drug-likeness (QED) is 0.747. The lowest BCUT2D eigenvalue weighted by Crippen LogP contribution is -2.00. The average Bonchev–Trinajstić information content (AvgIpc) is 2.83. The fourth-order valence-electron chi connectivity index (χ4n) is 1.86. The van der Waals surface area contributed by atoms with Crippen molar-refractivity contribution in [1.82, 2.24) is 0 Å². The van der Waals surface area contributed by atoms with Crippen molar-refractivity contribution in [2.75, 3.05) is 13.4 Å². The smallest absolute Gasteiger partial charge is 0.339 e. The van der Waals surface area contributed by atoms with Gasteiger partial charge in [0.1, 0.15) is 5.56 Å². The number of ether oxygens (including phenoxy) is 3. The number of hydrogen-bond acceptors (Lipinski definition) is 4. The lowest BCUT2D eigenvalue weighted by molar-refractivity contribution is 0.0692. The molecule has 5 heteroatoms. The second kappa shape index (κ2) is 2.79. The van der Waals surface area contributed by atoms with Gasteiger partial charge in [-0.3, -0.25) is 0 Å². The first-order valence-corrected chi connectivity index (χ1v) is 4.59. The molecule has 0 fully saturated rings. The van der Waals surface area contributed by atoms with Crippen molar-refractivity contribution < 1.29 is 24.1 Å². The standard InChI is InChI=1S/C10H8O5/c11-10(12)6-3-5-1-2-13-7(5)9-8(6)14-4-15-9/h3H,1-2,4H2,(H,11,12). The molecule has 2 aliphatic heterocycles. The van der Waals surface area contributed by atoms with Gasteiger partial charge in [-0.05, 0) is 6.07 Å². The van der Waals surface area contributed by atoms with Gasteiger partial charge in [-0.1, -0.05) is 0 Å². The minimum atomic E-state index is -1.01. The van der Waals surface area contributed by atoms with Gasteiger partial charge in [0.2, 0.25) is 12.5 Å². The third-order valence-corrected chi connectivity index (χ3v) is 2.52. The molecule has 0 bridgehead atoms. The molecule has 0 saturated carbocycles. The highest BCUT2D eigenvalue weighted by Crippen LogP contribution is 2.47. The van der Waals surface area contributed by atoms with Crippen LogP contribution in [-0.2, 0) is 6.42 Å². The van der Waals surface area contributed by atoms with E-state index >= 15 is 0 Å². The van der Waals surface area contributed by atoms with Gasteiger partial charge in [0.05, 0.1) is 6.61 Å². The van der Waals surface area contributed by atoms with E-state index in [1.54, 1.807) is 6.07 Å². The summed E-state index contributed by atoms with van der Waals surface area (Å²) in [6.45, 7) is 0.615. The van der Waals surface area contributed by atoms with Crippen LogP contribution in [0, 0.1) is 0 Å². The third kappa shape index (κ3) is 1.06. The van der Waals surface area contributed by atoms with Crippen molar-refractivity contribution in [2.24, 2.45) is 0 Å². The Kier molecular flexibility index (Phi) is 1.56. The summed E-state index contributed by atoms with van der Waals surface area (Å²) in [4.78, 5) is 11.0. The van der Waals surface area contributed by atoms with E-state index in [2.05, 4.69) is 0 Å². The van der Waals surface area contributed by atoms with Crippen molar-refractivity contribution in [3.8, 4) is 17.2 Å². The maximum absolute atomic E-state index is 11.0. The predicted octanol–water partition coefficient (Wildman–Crippen LogP) is 1.05. The predicted molar refractivity (Wildman–Crippen MR) is 48.7 cm³/mol. The van der Waals surface area contributed by atoms with Gasteiger partial charge < -0.3 is 19.3 Å². The number of hydrogen-bond donors (Lipinski definition) is 1. The Morgan fingerprint density at radius 3 is 2.80 bits per heavy atom. The molecule has 2 heterocycles. The second-order valence-corrected chi connectivity index (χ2v) is 3.38. The molecule has 0 unspecified atom stereocenters. The molecular formula is C10H8O5. The summed E-state index contributed by atoms with van der Waals surface area (Å²) in [5.74, 6) is 0.338. The first kappa shape index (κ1) is 8.40. The van der Waals surface area contributed by atoms with Crippen molar-refractivity contribution in [3.05, 3.63) is 17.2 Å². The van der Waals surface area contributed by atoms with Gasteiger partial charge >= 0.3 is 5.97 Å². The Morgan fingerprint density at radius 1 is 1.20 bits per heavy atom. The van der Waals surface area contributed by atoms with Crippen molar-refractivity contribution in [3.63, 3.8) is 0 Å². The first-order chi connectivity index (χ1) is 7.27. The van der Waals surface area contributed by atoms with Crippen LogP contribution in [0.25, 0.3) is 0 Å². The Labute approximate surface area is 85.2 Å². The van der Waals surface area contributed by atoms with Crippen molar-refractivity contribution in [2.45, 2.75) is 6.42 Å². The van der Waals surface area contributed by atoms with Crippen LogP contribution < -0.4 is 14.2 Å². The lowest BCUT2D eigenvalue weighted by atomic mass is 10.1. The highest BCUT2D eigenvalue weighted by Gasteiger charge is 2.31. The van der Waals surface area contributed by atoms with E-state index in [9.17, 15) is 4.79 Å². The Balaban J connectivity index is 2.27. The van der Waals surface area contributed by atoms with E-state index in [0.29, 0.717) is 24.5 Å². The van der Waals surface area contributed by atoms with E-state index in [1.165, 1.54) is 0 Å². The highest BCUT2D eigenvalue weighted by atomic mass is 16.7. The molecular weight excluding hydrogens is 200 g/mol. The van der Waals surface area contributed by atoms with Crippen LogP contribution >= 0.6 is 0 Å². The zero-order valence-electron chi connectivity index (χ0n) is 7.78. The average molecular weight is 208 g/mol. The topological polar surface area (TPSA) is 65.0 Å². The van der Waals surface area contributed by atoms with Gasteiger partial charge in [0.25, 0.3) is 0 Å². The molecule has 0 saturated heterocycles. The minimum absolute atomic E-state index is 0.0510. The molecule has 2 aliphatic rings. The van der Waals surface area contributed by atoms with Crippen LogP contribution in [0.5, 0.6) is 17.2 Å². The van der Waals surface area contributed by atoms with Crippen molar-refractivity contribution >= 4 is 5.97 Å². The van der Waals surface area contributed by atoms with Gasteiger partial charge in [-0.25, -0.2) is 4.79 Å². The molecule has 15 heavy (non-hydrogen) atoms. The summed E-state index contributed by atoms with van der Waals surface area (Å²) in [7, 11) is 0. The van der Waals surface area contributed by atoms with Crippen LogP contribution in [0.3, 0.4) is 0 Å². The van der Waals surface area contributed by atoms with Gasteiger partial charge in [-0.15, -0.1) is 0 Å². The van der Waals surface area contributed by atoms with Crippen LogP contribution in [0.4, 0.5) is 0 Å². The van der Waals surface area contributed by atoms with E-state index in [0.717, 1.165) is 5.56 Å². The second-order valence-electron chi connectivity index (χ2n) is 3.38. The SMILES string of the molecule is O=C(O)c1cc2c(c3c1OCO3)OCC2.